The normalized spacial score (nSPS) is 15.7. The lowest BCUT2D eigenvalue weighted by molar-refractivity contribution is -0.126. The second-order valence-electron chi connectivity index (χ2n) is 7.81. The number of carbonyl (C=O) groups is 1. The Hall–Kier alpha value is -2.37. The number of fused-ring (bicyclic) bond motifs is 1. The Morgan fingerprint density at radius 3 is 2.76 bits per heavy atom. The second-order valence-corrected chi connectivity index (χ2v) is 8.22. The van der Waals surface area contributed by atoms with Crippen LogP contribution in [0.5, 0.6) is 0 Å². The number of nitrogens with zero attached hydrogens (tertiary/aromatic N) is 3. The van der Waals surface area contributed by atoms with Gasteiger partial charge in [0.15, 0.2) is 0 Å². The third-order valence-corrected chi connectivity index (χ3v) is 6.25. The number of hydrogen-bond acceptors (Lipinski definition) is 3. The van der Waals surface area contributed by atoms with Crippen molar-refractivity contribution in [2.45, 2.75) is 25.8 Å². The van der Waals surface area contributed by atoms with Crippen molar-refractivity contribution in [3.8, 4) is 0 Å². The zero-order chi connectivity index (χ0) is 20.2. The molecule has 2 aromatic heterocycles. The predicted molar refractivity (Wildman–Crippen MR) is 117 cm³/mol. The zero-order valence-electron chi connectivity index (χ0n) is 16.8. The number of pyridine rings is 1. The lowest BCUT2D eigenvalue weighted by Crippen LogP contribution is -2.41. The van der Waals surface area contributed by atoms with Crippen LogP contribution in [0.1, 0.15) is 24.0 Å². The molecule has 4 rings (SSSR count). The number of piperidine rings is 1. The van der Waals surface area contributed by atoms with Crippen LogP contribution in [0.4, 0.5) is 0 Å². The second kappa shape index (κ2) is 8.97. The molecule has 1 aromatic carbocycles. The molecule has 3 heterocycles. The first-order chi connectivity index (χ1) is 14.1. The monoisotopic (exact) mass is 410 g/mol. The van der Waals surface area contributed by atoms with Crippen LogP contribution < -0.4 is 5.32 Å². The molecule has 1 saturated heterocycles. The van der Waals surface area contributed by atoms with Gasteiger partial charge in [-0.3, -0.25) is 4.79 Å². The highest BCUT2D eigenvalue weighted by atomic mass is 35.5. The number of nitrogens with one attached hydrogen (secondary N) is 1. The summed E-state index contributed by atoms with van der Waals surface area (Å²) in [6, 6.07) is 11.8. The van der Waals surface area contributed by atoms with Crippen LogP contribution in [-0.2, 0) is 24.8 Å². The van der Waals surface area contributed by atoms with E-state index in [1.165, 1.54) is 10.9 Å². The number of rotatable bonds is 6. The van der Waals surface area contributed by atoms with Crippen molar-refractivity contribution in [3.63, 3.8) is 0 Å². The van der Waals surface area contributed by atoms with Gasteiger partial charge in [-0.2, -0.15) is 0 Å². The molecule has 5 nitrogen and oxygen atoms in total. The van der Waals surface area contributed by atoms with E-state index >= 15 is 0 Å². The summed E-state index contributed by atoms with van der Waals surface area (Å²) in [6.07, 6.45) is 6.85. The molecule has 0 spiro atoms. The molecule has 0 atom stereocenters. The highest BCUT2D eigenvalue weighted by Crippen LogP contribution is 2.22. The van der Waals surface area contributed by atoms with Gasteiger partial charge in [0.2, 0.25) is 5.91 Å². The maximum Gasteiger partial charge on any atom is 0.223 e. The van der Waals surface area contributed by atoms with Gasteiger partial charge in [-0.15, -0.1) is 0 Å². The summed E-state index contributed by atoms with van der Waals surface area (Å²) in [5.41, 5.74) is 3.34. The van der Waals surface area contributed by atoms with Crippen molar-refractivity contribution >= 4 is 28.5 Å². The predicted octanol–water partition coefficient (Wildman–Crippen LogP) is 3.80. The van der Waals surface area contributed by atoms with E-state index in [1.807, 2.05) is 43.6 Å². The van der Waals surface area contributed by atoms with Gasteiger partial charge in [0.05, 0.1) is 0 Å². The molecule has 1 aliphatic rings. The molecule has 0 radical (unpaired) electrons. The Labute approximate surface area is 176 Å². The molecule has 29 heavy (non-hydrogen) atoms. The Kier molecular flexibility index (Phi) is 6.16. The Morgan fingerprint density at radius 2 is 1.97 bits per heavy atom. The Morgan fingerprint density at radius 1 is 1.17 bits per heavy atom. The summed E-state index contributed by atoms with van der Waals surface area (Å²) in [4.78, 5) is 19.5. The van der Waals surface area contributed by atoms with Crippen molar-refractivity contribution < 1.29 is 4.79 Å². The molecule has 1 N–H and O–H groups in total. The molecule has 0 bridgehead atoms. The van der Waals surface area contributed by atoms with Gasteiger partial charge in [0.25, 0.3) is 0 Å². The molecule has 152 valence electrons. The fraction of sp³-hybridized carbons (Fsp3) is 0.391. The van der Waals surface area contributed by atoms with Gasteiger partial charge in [0, 0.05) is 48.9 Å². The van der Waals surface area contributed by atoms with E-state index in [9.17, 15) is 4.79 Å². The number of hydrogen-bond donors (Lipinski definition) is 1. The van der Waals surface area contributed by atoms with Crippen LogP contribution >= 0.6 is 11.6 Å². The van der Waals surface area contributed by atoms with E-state index < -0.39 is 0 Å². The third-order valence-electron chi connectivity index (χ3n) is 5.88. The average Bonchev–Trinajstić information content (AvgIpc) is 3.08. The molecule has 6 heteroatoms. The van der Waals surface area contributed by atoms with Gasteiger partial charge in [-0.25, -0.2) is 4.98 Å². The largest absolute Gasteiger partial charge is 0.352 e. The minimum atomic E-state index is 0.0930. The number of aryl methyl sites for hydroxylation is 1. The summed E-state index contributed by atoms with van der Waals surface area (Å²) in [5, 5.41) is 4.99. The standard InChI is InChI=1S/C23H27ClN4O/c1-27-16-19(20-6-4-11-25-22(20)27)10-14-28-12-8-17(9-13-28)23(29)26-15-18-5-2-3-7-21(18)24/h2-7,11,16-17H,8-10,12-15H2,1H3,(H,26,29). The molecule has 1 aliphatic heterocycles. The van der Waals surface area contributed by atoms with E-state index in [0.717, 1.165) is 50.1 Å². The Balaban J connectivity index is 1.25. The summed E-state index contributed by atoms with van der Waals surface area (Å²) in [7, 11) is 2.05. The molecular formula is C23H27ClN4O. The maximum absolute atomic E-state index is 12.5. The van der Waals surface area contributed by atoms with E-state index in [1.54, 1.807) is 0 Å². The van der Waals surface area contributed by atoms with Gasteiger partial charge in [0.1, 0.15) is 5.65 Å². The van der Waals surface area contributed by atoms with Crippen molar-refractivity contribution in [3.05, 3.63) is 64.9 Å². The Bertz CT molecular complexity index is 991. The first-order valence-corrected chi connectivity index (χ1v) is 10.6. The van der Waals surface area contributed by atoms with Crippen LogP contribution in [-0.4, -0.2) is 40.0 Å². The van der Waals surface area contributed by atoms with Crippen molar-refractivity contribution in [2.24, 2.45) is 13.0 Å². The number of carbonyl (C=O) groups excluding carboxylic acids is 1. The quantitative estimate of drug-likeness (QED) is 0.672. The summed E-state index contributed by atoms with van der Waals surface area (Å²) >= 11 is 6.17. The smallest absolute Gasteiger partial charge is 0.223 e. The average molecular weight is 411 g/mol. The van der Waals surface area contributed by atoms with Crippen LogP contribution in [0, 0.1) is 5.92 Å². The van der Waals surface area contributed by atoms with Crippen LogP contribution in [0.2, 0.25) is 5.02 Å². The summed E-state index contributed by atoms with van der Waals surface area (Å²) in [5.74, 6) is 0.236. The lowest BCUT2D eigenvalue weighted by Gasteiger charge is -2.31. The SMILES string of the molecule is Cn1cc(CCN2CCC(C(=O)NCc3ccccc3Cl)CC2)c2cccnc21. The van der Waals surface area contributed by atoms with E-state index in [2.05, 4.69) is 32.0 Å². The van der Waals surface area contributed by atoms with Crippen molar-refractivity contribution in [1.82, 2.24) is 19.8 Å². The van der Waals surface area contributed by atoms with Gasteiger partial charge in [-0.1, -0.05) is 29.8 Å². The highest BCUT2D eigenvalue weighted by molar-refractivity contribution is 6.31. The zero-order valence-corrected chi connectivity index (χ0v) is 17.5. The summed E-state index contributed by atoms with van der Waals surface area (Å²) < 4.78 is 2.10. The first kappa shape index (κ1) is 19.9. The number of halogens is 1. The molecule has 0 aliphatic carbocycles. The number of aromatic nitrogens is 2. The highest BCUT2D eigenvalue weighted by Gasteiger charge is 2.25. The van der Waals surface area contributed by atoms with Crippen molar-refractivity contribution in [2.75, 3.05) is 19.6 Å². The molecule has 0 saturated carbocycles. The van der Waals surface area contributed by atoms with Gasteiger partial charge >= 0.3 is 0 Å². The number of likely N-dealkylation sites (tertiary alicyclic amines) is 1. The molecule has 1 amide bonds. The van der Waals surface area contributed by atoms with E-state index in [-0.39, 0.29) is 11.8 Å². The fourth-order valence-electron chi connectivity index (χ4n) is 4.16. The molecule has 3 aromatic rings. The van der Waals surface area contributed by atoms with E-state index in [4.69, 9.17) is 11.6 Å². The van der Waals surface area contributed by atoms with Crippen LogP contribution in [0.25, 0.3) is 11.0 Å². The molecule has 1 fully saturated rings. The minimum Gasteiger partial charge on any atom is -0.352 e. The van der Waals surface area contributed by atoms with Crippen LogP contribution in [0.15, 0.2) is 48.8 Å². The number of benzene rings is 1. The molecule has 0 unspecified atom stereocenters. The van der Waals surface area contributed by atoms with Gasteiger partial charge in [-0.05, 0) is 61.7 Å². The van der Waals surface area contributed by atoms with Crippen molar-refractivity contribution in [1.29, 1.82) is 0 Å². The maximum atomic E-state index is 12.5. The topological polar surface area (TPSA) is 50.2 Å². The first-order valence-electron chi connectivity index (χ1n) is 10.2. The molecular weight excluding hydrogens is 384 g/mol. The summed E-state index contributed by atoms with van der Waals surface area (Å²) in [6.45, 7) is 3.44. The number of amides is 1. The van der Waals surface area contributed by atoms with Gasteiger partial charge < -0.3 is 14.8 Å². The fourth-order valence-corrected chi connectivity index (χ4v) is 4.36. The minimum absolute atomic E-state index is 0.0930. The van der Waals surface area contributed by atoms with E-state index in [0.29, 0.717) is 11.6 Å². The lowest BCUT2D eigenvalue weighted by atomic mass is 9.95. The van der Waals surface area contributed by atoms with Crippen LogP contribution in [0.3, 0.4) is 0 Å². The third kappa shape index (κ3) is 4.62.